The van der Waals surface area contributed by atoms with Gasteiger partial charge in [-0.25, -0.2) is 9.67 Å². The number of carbonyl (C=O) groups excluding carboxylic acids is 1. The number of piperidine rings is 1. The molecule has 1 aromatic carbocycles. The van der Waals surface area contributed by atoms with Crippen LogP contribution in [0.5, 0.6) is 0 Å². The molecule has 1 N–H and O–H groups in total. The lowest BCUT2D eigenvalue weighted by Crippen LogP contribution is -2.50. The van der Waals surface area contributed by atoms with Gasteiger partial charge in [-0.2, -0.15) is 5.10 Å². The average Bonchev–Trinajstić information content (AvgIpc) is 3.63. The third-order valence-electron chi connectivity index (χ3n) is 7.49. The maximum Gasteiger partial charge on any atom is 0.264 e. The van der Waals surface area contributed by atoms with Crippen LogP contribution in [0.2, 0.25) is 0 Å². The molecular formula is C27H37N7O3. The van der Waals surface area contributed by atoms with Crippen molar-refractivity contribution in [1.82, 2.24) is 34.0 Å². The predicted octanol–water partition coefficient (Wildman–Crippen LogP) is 1.34. The van der Waals surface area contributed by atoms with E-state index in [9.17, 15) is 14.7 Å². The van der Waals surface area contributed by atoms with Crippen LogP contribution in [0.1, 0.15) is 31.2 Å². The first kappa shape index (κ1) is 25.6. The Morgan fingerprint density at radius 3 is 2.62 bits per heavy atom. The Morgan fingerprint density at radius 1 is 1.16 bits per heavy atom. The molecule has 1 saturated carbocycles. The lowest BCUT2D eigenvalue weighted by molar-refractivity contribution is -0.137. The topological polar surface area (TPSA) is 99.7 Å². The summed E-state index contributed by atoms with van der Waals surface area (Å²) in [6.07, 6.45) is 5.91. The van der Waals surface area contributed by atoms with E-state index in [-0.39, 0.29) is 23.9 Å². The molecule has 1 aliphatic carbocycles. The van der Waals surface area contributed by atoms with Crippen LogP contribution in [0.25, 0.3) is 16.7 Å². The summed E-state index contributed by atoms with van der Waals surface area (Å²) >= 11 is 0. The number of hydrogen-bond donors (Lipinski definition) is 1. The van der Waals surface area contributed by atoms with Crippen molar-refractivity contribution in [2.75, 3.05) is 47.3 Å². The number of aromatic nitrogens is 4. The van der Waals surface area contributed by atoms with E-state index in [4.69, 9.17) is 0 Å². The Hall–Kier alpha value is -3.08. The van der Waals surface area contributed by atoms with Gasteiger partial charge in [-0.3, -0.25) is 14.2 Å². The molecular weight excluding hydrogens is 470 g/mol. The molecule has 0 unspecified atom stereocenters. The standard InChI is InChI=1S/C27H37N7O3/c1-30(2)13-14-31(3)17-20-5-4-6-22(15-20)34-24-23(16-29-34)26(36)33(19-28-24)18-27(37)9-11-32(12-10-27)25(35)21-7-8-21/h4-6,15-16,19,21,37H,7-14,17-18H2,1-3H3. The fourth-order valence-corrected chi connectivity index (χ4v) is 5.01. The van der Waals surface area contributed by atoms with Gasteiger partial charge in [0.2, 0.25) is 5.91 Å². The number of benzene rings is 1. The van der Waals surface area contributed by atoms with Crippen LogP contribution in [0.15, 0.2) is 41.6 Å². The second-order valence-corrected chi connectivity index (χ2v) is 11.0. The molecule has 2 aromatic heterocycles. The number of rotatable bonds is 9. The van der Waals surface area contributed by atoms with Crippen molar-refractivity contribution in [3.05, 3.63) is 52.7 Å². The molecule has 0 bridgehead atoms. The maximum atomic E-state index is 13.3. The molecule has 37 heavy (non-hydrogen) atoms. The number of carbonyl (C=O) groups is 1. The monoisotopic (exact) mass is 507 g/mol. The molecule has 1 saturated heterocycles. The van der Waals surface area contributed by atoms with Crippen molar-refractivity contribution in [3.63, 3.8) is 0 Å². The highest BCUT2D eigenvalue weighted by Gasteiger charge is 2.39. The van der Waals surface area contributed by atoms with Crippen LogP contribution in [0.4, 0.5) is 0 Å². The van der Waals surface area contributed by atoms with Gasteiger partial charge in [0.1, 0.15) is 11.7 Å². The fraction of sp³-hybridized carbons (Fsp3) is 0.556. The van der Waals surface area contributed by atoms with Crippen LogP contribution in [-0.2, 0) is 17.9 Å². The molecule has 10 nitrogen and oxygen atoms in total. The summed E-state index contributed by atoms with van der Waals surface area (Å²) < 4.78 is 3.17. The number of likely N-dealkylation sites (N-methyl/N-ethyl adjacent to an activating group) is 2. The zero-order valence-electron chi connectivity index (χ0n) is 22.0. The minimum Gasteiger partial charge on any atom is -0.388 e. The van der Waals surface area contributed by atoms with Crippen LogP contribution in [0, 0.1) is 5.92 Å². The Kier molecular flexibility index (Phi) is 7.15. The Balaban J connectivity index is 1.30. The van der Waals surface area contributed by atoms with Crippen LogP contribution < -0.4 is 5.56 Å². The van der Waals surface area contributed by atoms with Crippen molar-refractivity contribution in [3.8, 4) is 5.69 Å². The second kappa shape index (κ2) is 10.4. The van der Waals surface area contributed by atoms with Gasteiger partial charge in [0.25, 0.3) is 5.56 Å². The molecule has 0 spiro atoms. The largest absolute Gasteiger partial charge is 0.388 e. The number of fused-ring (bicyclic) bond motifs is 1. The van der Waals surface area contributed by atoms with E-state index in [0.29, 0.717) is 37.0 Å². The number of aliphatic hydroxyl groups is 1. The molecule has 1 amide bonds. The molecule has 1 aliphatic heterocycles. The van der Waals surface area contributed by atoms with Crippen LogP contribution in [-0.4, -0.2) is 98.0 Å². The summed E-state index contributed by atoms with van der Waals surface area (Å²) in [4.78, 5) is 36.5. The van der Waals surface area contributed by atoms with Crippen LogP contribution in [0.3, 0.4) is 0 Å². The summed E-state index contributed by atoms with van der Waals surface area (Å²) in [6, 6.07) is 8.12. The minimum absolute atomic E-state index is 0.153. The summed E-state index contributed by atoms with van der Waals surface area (Å²) in [7, 11) is 6.24. The van der Waals surface area contributed by atoms with Gasteiger partial charge in [0.05, 0.1) is 24.0 Å². The molecule has 3 heterocycles. The molecule has 10 heteroatoms. The van der Waals surface area contributed by atoms with Gasteiger partial charge in [-0.05, 0) is 64.5 Å². The van der Waals surface area contributed by atoms with Gasteiger partial charge < -0.3 is 19.8 Å². The molecule has 0 radical (unpaired) electrons. The Labute approximate surface area is 217 Å². The average molecular weight is 508 g/mol. The molecule has 198 valence electrons. The number of nitrogens with zero attached hydrogens (tertiary/aromatic N) is 7. The Morgan fingerprint density at radius 2 is 1.92 bits per heavy atom. The number of amides is 1. The van der Waals surface area contributed by atoms with Gasteiger partial charge in [-0.1, -0.05) is 12.1 Å². The van der Waals surface area contributed by atoms with E-state index in [0.717, 1.165) is 43.7 Å². The highest BCUT2D eigenvalue weighted by molar-refractivity contribution is 5.81. The van der Waals surface area contributed by atoms with Gasteiger partial charge in [-0.15, -0.1) is 0 Å². The quantitative estimate of drug-likeness (QED) is 0.467. The Bertz CT molecular complexity index is 1320. The van der Waals surface area contributed by atoms with Crippen molar-refractivity contribution in [1.29, 1.82) is 0 Å². The van der Waals surface area contributed by atoms with Gasteiger partial charge in [0, 0.05) is 38.6 Å². The van der Waals surface area contributed by atoms with E-state index in [1.807, 2.05) is 17.0 Å². The molecule has 3 aromatic rings. The zero-order chi connectivity index (χ0) is 26.2. The first-order valence-electron chi connectivity index (χ1n) is 13.1. The maximum absolute atomic E-state index is 13.3. The summed E-state index contributed by atoms with van der Waals surface area (Å²) in [5.74, 6) is 0.389. The van der Waals surface area contributed by atoms with E-state index in [1.54, 1.807) is 10.9 Å². The molecule has 0 atom stereocenters. The second-order valence-electron chi connectivity index (χ2n) is 11.0. The van der Waals surface area contributed by atoms with E-state index in [1.165, 1.54) is 10.9 Å². The third-order valence-corrected chi connectivity index (χ3v) is 7.49. The fourth-order valence-electron chi connectivity index (χ4n) is 5.01. The summed E-state index contributed by atoms with van der Waals surface area (Å²) in [5.41, 5.74) is 1.24. The lowest BCUT2D eigenvalue weighted by atomic mass is 9.91. The number of hydrogen-bond acceptors (Lipinski definition) is 7. The highest BCUT2D eigenvalue weighted by Crippen LogP contribution is 2.33. The van der Waals surface area contributed by atoms with E-state index >= 15 is 0 Å². The van der Waals surface area contributed by atoms with Gasteiger partial charge in [0.15, 0.2) is 5.65 Å². The van der Waals surface area contributed by atoms with Crippen molar-refractivity contribution in [2.24, 2.45) is 5.92 Å². The van der Waals surface area contributed by atoms with Crippen molar-refractivity contribution in [2.45, 2.75) is 44.4 Å². The predicted molar refractivity (Wildman–Crippen MR) is 142 cm³/mol. The normalized spacial score (nSPS) is 17.7. The third kappa shape index (κ3) is 5.76. The summed E-state index contributed by atoms with van der Waals surface area (Å²) in [6.45, 7) is 3.96. The lowest BCUT2D eigenvalue weighted by Gasteiger charge is -2.38. The molecule has 2 fully saturated rings. The summed E-state index contributed by atoms with van der Waals surface area (Å²) in [5, 5.41) is 16.1. The first-order valence-corrected chi connectivity index (χ1v) is 13.1. The molecule has 2 aliphatic rings. The smallest absolute Gasteiger partial charge is 0.264 e. The van der Waals surface area contributed by atoms with Gasteiger partial charge >= 0.3 is 0 Å². The van der Waals surface area contributed by atoms with Crippen molar-refractivity contribution < 1.29 is 9.90 Å². The highest BCUT2D eigenvalue weighted by atomic mass is 16.3. The number of likely N-dealkylation sites (tertiary alicyclic amines) is 1. The molecule has 5 rings (SSSR count). The van der Waals surface area contributed by atoms with E-state index < -0.39 is 5.60 Å². The minimum atomic E-state index is -1.04. The van der Waals surface area contributed by atoms with Crippen molar-refractivity contribution >= 4 is 16.9 Å². The van der Waals surface area contributed by atoms with E-state index in [2.05, 4.69) is 53.2 Å². The zero-order valence-corrected chi connectivity index (χ0v) is 22.0. The van der Waals surface area contributed by atoms with Crippen LogP contribution >= 0.6 is 0 Å². The SMILES string of the molecule is CN(C)CCN(C)Cc1cccc(-n2ncc3c(=O)n(CC4(O)CCN(C(=O)C5CC5)CC4)cnc32)c1. The first-order chi connectivity index (χ1) is 17.7.